The summed E-state index contributed by atoms with van der Waals surface area (Å²) < 4.78 is 1.92. The van der Waals surface area contributed by atoms with Gasteiger partial charge < -0.3 is 0 Å². The molecule has 18 heavy (non-hydrogen) atoms. The van der Waals surface area contributed by atoms with Crippen LogP contribution in [0, 0.1) is 0 Å². The SMILES string of the molecule is CCC(=O)N(c1ccc(Br)c(Br)c1)C(C)N(C)C. The van der Waals surface area contributed by atoms with Gasteiger partial charge in [-0.2, -0.15) is 0 Å². The van der Waals surface area contributed by atoms with Gasteiger partial charge in [0, 0.05) is 21.1 Å². The number of nitrogens with zero attached hydrogens (tertiary/aromatic N) is 2. The Hall–Kier alpha value is -0.390. The van der Waals surface area contributed by atoms with E-state index in [4.69, 9.17) is 0 Å². The van der Waals surface area contributed by atoms with Gasteiger partial charge in [0.05, 0.1) is 6.17 Å². The molecule has 0 bridgehead atoms. The van der Waals surface area contributed by atoms with Crippen molar-refractivity contribution in [2.75, 3.05) is 19.0 Å². The van der Waals surface area contributed by atoms with Crippen molar-refractivity contribution in [3.63, 3.8) is 0 Å². The van der Waals surface area contributed by atoms with Gasteiger partial charge in [-0.15, -0.1) is 0 Å². The van der Waals surface area contributed by atoms with E-state index < -0.39 is 0 Å². The number of hydrogen-bond donors (Lipinski definition) is 0. The summed E-state index contributed by atoms with van der Waals surface area (Å²) in [6, 6.07) is 5.85. The van der Waals surface area contributed by atoms with Crippen LogP contribution in [0.1, 0.15) is 20.3 Å². The summed E-state index contributed by atoms with van der Waals surface area (Å²) in [7, 11) is 3.93. The van der Waals surface area contributed by atoms with E-state index in [9.17, 15) is 4.79 Å². The van der Waals surface area contributed by atoms with Crippen molar-refractivity contribution in [2.24, 2.45) is 0 Å². The van der Waals surface area contributed by atoms with Crippen LogP contribution in [0.4, 0.5) is 5.69 Å². The Morgan fingerprint density at radius 1 is 1.28 bits per heavy atom. The second-order valence-electron chi connectivity index (χ2n) is 4.31. The van der Waals surface area contributed by atoms with Crippen LogP contribution in [-0.2, 0) is 4.79 Å². The number of benzene rings is 1. The summed E-state index contributed by atoms with van der Waals surface area (Å²) in [5, 5.41) is 0. The van der Waals surface area contributed by atoms with E-state index in [1.165, 1.54) is 0 Å². The van der Waals surface area contributed by atoms with Crippen LogP contribution >= 0.6 is 31.9 Å². The van der Waals surface area contributed by atoms with E-state index in [0.29, 0.717) is 6.42 Å². The lowest BCUT2D eigenvalue weighted by atomic mass is 10.2. The van der Waals surface area contributed by atoms with E-state index >= 15 is 0 Å². The Balaban J connectivity index is 3.17. The van der Waals surface area contributed by atoms with E-state index in [-0.39, 0.29) is 12.1 Å². The molecule has 0 saturated heterocycles. The number of anilines is 1. The molecule has 0 saturated carbocycles. The van der Waals surface area contributed by atoms with Crippen LogP contribution < -0.4 is 4.90 Å². The van der Waals surface area contributed by atoms with Crippen molar-refractivity contribution in [2.45, 2.75) is 26.4 Å². The van der Waals surface area contributed by atoms with Gasteiger partial charge in [-0.25, -0.2) is 0 Å². The first-order valence-electron chi connectivity index (χ1n) is 5.82. The fourth-order valence-electron chi connectivity index (χ4n) is 1.60. The molecule has 1 unspecified atom stereocenters. The highest BCUT2D eigenvalue weighted by Gasteiger charge is 2.22. The van der Waals surface area contributed by atoms with Crippen LogP contribution in [0.2, 0.25) is 0 Å². The normalized spacial score (nSPS) is 12.6. The maximum Gasteiger partial charge on any atom is 0.228 e. The number of rotatable bonds is 4. The minimum absolute atomic E-state index is 0.0190. The summed E-state index contributed by atoms with van der Waals surface area (Å²) in [6.45, 7) is 3.90. The third-order valence-electron chi connectivity index (χ3n) is 2.87. The topological polar surface area (TPSA) is 23.6 Å². The third-order valence-corrected chi connectivity index (χ3v) is 4.75. The number of carbonyl (C=O) groups excluding carboxylic acids is 1. The summed E-state index contributed by atoms with van der Waals surface area (Å²) in [4.78, 5) is 16.0. The second-order valence-corrected chi connectivity index (χ2v) is 6.02. The predicted octanol–water partition coefficient (Wildman–Crippen LogP) is 3.86. The van der Waals surface area contributed by atoms with Crippen molar-refractivity contribution in [1.29, 1.82) is 0 Å². The van der Waals surface area contributed by atoms with Gasteiger partial charge in [0.2, 0.25) is 5.91 Å². The zero-order valence-corrected chi connectivity index (χ0v) is 14.2. The molecular formula is C13H18Br2N2O. The molecule has 1 rings (SSSR count). The molecule has 0 fully saturated rings. The molecule has 3 nitrogen and oxygen atoms in total. The molecule has 0 radical (unpaired) electrons. The highest BCUT2D eigenvalue weighted by molar-refractivity contribution is 9.13. The van der Waals surface area contributed by atoms with Gasteiger partial charge in [0.25, 0.3) is 0 Å². The maximum atomic E-state index is 12.1. The Labute approximate surface area is 125 Å². The molecule has 0 spiro atoms. The fourth-order valence-corrected chi connectivity index (χ4v) is 2.22. The van der Waals surface area contributed by atoms with E-state index in [2.05, 4.69) is 31.9 Å². The molecule has 0 heterocycles. The first-order valence-corrected chi connectivity index (χ1v) is 7.40. The van der Waals surface area contributed by atoms with Gasteiger partial charge in [0.1, 0.15) is 0 Å². The number of hydrogen-bond acceptors (Lipinski definition) is 2. The highest BCUT2D eigenvalue weighted by Crippen LogP contribution is 2.29. The molecular weight excluding hydrogens is 360 g/mol. The van der Waals surface area contributed by atoms with Crippen LogP contribution in [0.25, 0.3) is 0 Å². The number of halogens is 2. The molecule has 0 aliphatic heterocycles. The van der Waals surface area contributed by atoms with Crippen LogP contribution in [0.3, 0.4) is 0 Å². The average molecular weight is 378 g/mol. The van der Waals surface area contributed by atoms with Crippen LogP contribution in [0.15, 0.2) is 27.1 Å². The molecule has 1 atom stereocenters. The summed E-state index contributed by atoms with van der Waals surface area (Å²) in [5.74, 6) is 0.116. The first kappa shape index (κ1) is 15.7. The Morgan fingerprint density at radius 3 is 2.33 bits per heavy atom. The second kappa shape index (κ2) is 6.68. The van der Waals surface area contributed by atoms with Crippen molar-refractivity contribution in [3.05, 3.63) is 27.1 Å². The lowest BCUT2D eigenvalue weighted by molar-refractivity contribution is -0.119. The van der Waals surface area contributed by atoms with Crippen molar-refractivity contribution in [3.8, 4) is 0 Å². The number of carbonyl (C=O) groups is 1. The van der Waals surface area contributed by atoms with Gasteiger partial charge in [-0.1, -0.05) is 6.92 Å². The molecule has 5 heteroatoms. The molecule has 1 amide bonds. The Morgan fingerprint density at radius 2 is 1.89 bits per heavy atom. The van der Waals surface area contributed by atoms with Crippen molar-refractivity contribution >= 4 is 43.5 Å². The molecule has 1 aromatic carbocycles. The standard InChI is InChI=1S/C13H18Br2N2O/c1-5-13(18)17(9(2)16(3)4)10-6-7-11(14)12(15)8-10/h6-9H,5H2,1-4H3. The quantitative estimate of drug-likeness (QED) is 0.743. The van der Waals surface area contributed by atoms with Gasteiger partial charge in [0.15, 0.2) is 0 Å². The molecule has 100 valence electrons. The summed E-state index contributed by atoms with van der Waals surface area (Å²) in [5.41, 5.74) is 0.901. The maximum absolute atomic E-state index is 12.1. The van der Waals surface area contributed by atoms with Gasteiger partial charge >= 0.3 is 0 Å². The zero-order valence-electron chi connectivity index (χ0n) is 11.1. The Kier molecular flexibility index (Phi) is 5.82. The predicted molar refractivity (Wildman–Crippen MR) is 82.8 cm³/mol. The minimum Gasteiger partial charge on any atom is -0.296 e. The zero-order chi connectivity index (χ0) is 13.9. The molecule has 0 aliphatic carbocycles. The van der Waals surface area contributed by atoms with E-state index in [1.807, 2.05) is 55.9 Å². The number of amides is 1. The lowest BCUT2D eigenvalue weighted by Gasteiger charge is -2.33. The summed E-state index contributed by atoms with van der Waals surface area (Å²) >= 11 is 6.91. The average Bonchev–Trinajstić information content (AvgIpc) is 2.33. The molecule has 0 aromatic heterocycles. The largest absolute Gasteiger partial charge is 0.296 e. The molecule has 1 aromatic rings. The smallest absolute Gasteiger partial charge is 0.228 e. The van der Waals surface area contributed by atoms with E-state index in [0.717, 1.165) is 14.6 Å². The minimum atomic E-state index is 0.0190. The van der Waals surface area contributed by atoms with Gasteiger partial charge in [-0.05, 0) is 71.1 Å². The highest BCUT2D eigenvalue weighted by atomic mass is 79.9. The molecule has 0 aliphatic rings. The molecule has 0 N–H and O–H groups in total. The van der Waals surface area contributed by atoms with Gasteiger partial charge in [-0.3, -0.25) is 14.6 Å². The summed E-state index contributed by atoms with van der Waals surface area (Å²) in [6.07, 6.45) is 0.511. The van der Waals surface area contributed by atoms with Crippen molar-refractivity contribution < 1.29 is 4.79 Å². The van der Waals surface area contributed by atoms with Crippen LogP contribution in [0.5, 0.6) is 0 Å². The Bertz CT molecular complexity index is 435. The van der Waals surface area contributed by atoms with Crippen LogP contribution in [-0.4, -0.2) is 31.1 Å². The monoisotopic (exact) mass is 376 g/mol. The first-order chi connectivity index (χ1) is 8.38. The fraction of sp³-hybridized carbons (Fsp3) is 0.462. The van der Waals surface area contributed by atoms with Crippen molar-refractivity contribution in [1.82, 2.24) is 4.90 Å². The third kappa shape index (κ3) is 3.56. The lowest BCUT2D eigenvalue weighted by Crippen LogP contribution is -2.46. The van der Waals surface area contributed by atoms with E-state index in [1.54, 1.807) is 0 Å².